The summed E-state index contributed by atoms with van der Waals surface area (Å²) in [5.74, 6) is -0.863. The van der Waals surface area contributed by atoms with Gasteiger partial charge in [-0.3, -0.25) is 14.9 Å². The molecule has 0 fully saturated rings. The molecule has 0 aliphatic heterocycles. The molecule has 2 rings (SSSR count). The summed E-state index contributed by atoms with van der Waals surface area (Å²) < 4.78 is 1.43. The highest BCUT2D eigenvalue weighted by Gasteiger charge is 2.20. The minimum atomic E-state index is -0.657. The lowest BCUT2D eigenvalue weighted by atomic mass is 10.2. The summed E-state index contributed by atoms with van der Waals surface area (Å²) in [7, 11) is 0. The van der Waals surface area contributed by atoms with Crippen LogP contribution in [0.4, 0.5) is 17.2 Å². The normalized spacial score (nSPS) is 10.4. The van der Waals surface area contributed by atoms with Crippen LogP contribution in [0.15, 0.2) is 28.9 Å². The molecule has 0 unspecified atom stereocenters. The number of benzene rings is 1. The lowest BCUT2D eigenvalue weighted by molar-refractivity contribution is -0.390. The summed E-state index contributed by atoms with van der Waals surface area (Å²) in [5, 5.41) is 27.9. The maximum atomic E-state index is 11.9. The second kappa shape index (κ2) is 7.36. The fourth-order valence-corrected chi connectivity index (χ4v) is 2.44. The van der Waals surface area contributed by atoms with E-state index in [1.54, 1.807) is 0 Å². The lowest BCUT2D eigenvalue weighted by Gasteiger charge is -2.05. The predicted molar refractivity (Wildman–Crippen MR) is 87.9 cm³/mol. The van der Waals surface area contributed by atoms with Crippen molar-refractivity contribution in [3.63, 3.8) is 0 Å². The lowest BCUT2D eigenvalue weighted by Crippen LogP contribution is -2.15. The van der Waals surface area contributed by atoms with Crippen LogP contribution >= 0.6 is 27.5 Å². The number of amides is 1. The predicted octanol–water partition coefficient (Wildman–Crippen LogP) is 3.14. The molecule has 0 radical (unpaired) electrons. The van der Waals surface area contributed by atoms with Crippen molar-refractivity contribution in [2.75, 3.05) is 5.32 Å². The SMILES string of the molecule is O=C(CCn1cc(Br)c([N+](=O)[O-])n1)Nc1ccc(Cl)cc1[N+](=O)[O-]. The molecule has 0 bridgehead atoms. The number of halogens is 2. The first-order valence-electron chi connectivity index (χ1n) is 6.39. The van der Waals surface area contributed by atoms with Gasteiger partial charge in [0, 0.05) is 17.5 Å². The fourth-order valence-electron chi connectivity index (χ4n) is 1.82. The minimum absolute atomic E-state index is 0.0158. The van der Waals surface area contributed by atoms with E-state index in [1.165, 1.54) is 23.0 Å². The summed E-state index contributed by atoms with van der Waals surface area (Å²) in [6.07, 6.45) is 1.29. The second-order valence-corrected chi connectivity index (χ2v) is 5.83. The smallest absolute Gasteiger partial charge is 0.358 e. The quantitative estimate of drug-likeness (QED) is 0.566. The van der Waals surface area contributed by atoms with Crippen LogP contribution in [0.2, 0.25) is 5.02 Å². The summed E-state index contributed by atoms with van der Waals surface area (Å²) in [5.41, 5.74) is -0.310. The first-order valence-corrected chi connectivity index (χ1v) is 7.56. The van der Waals surface area contributed by atoms with Gasteiger partial charge in [-0.15, -0.1) is 0 Å². The minimum Gasteiger partial charge on any atom is -0.358 e. The number of carbonyl (C=O) groups excluding carboxylic acids is 1. The zero-order valence-electron chi connectivity index (χ0n) is 11.8. The number of aryl methyl sites for hydroxylation is 1. The Bertz CT molecular complexity index is 824. The Balaban J connectivity index is 2.03. The second-order valence-electron chi connectivity index (χ2n) is 4.54. The van der Waals surface area contributed by atoms with Gasteiger partial charge in [0.05, 0.1) is 22.8 Å². The average Bonchev–Trinajstić information content (AvgIpc) is 2.88. The van der Waals surface area contributed by atoms with E-state index in [0.717, 1.165) is 6.07 Å². The van der Waals surface area contributed by atoms with E-state index in [0.29, 0.717) is 0 Å². The molecular weight excluding hydrogens is 410 g/mol. The number of nitro benzene ring substituents is 1. The van der Waals surface area contributed by atoms with Crippen molar-refractivity contribution < 1.29 is 14.6 Å². The topological polar surface area (TPSA) is 133 Å². The molecule has 10 nitrogen and oxygen atoms in total. The highest BCUT2D eigenvalue weighted by atomic mass is 79.9. The van der Waals surface area contributed by atoms with Gasteiger partial charge in [-0.25, -0.2) is 0 Å². The summed E-state index contributed by atoms with van der Waals surface area (Å²) >= 11 is 8.69. The van der Waals surface area contributed by atoms with Crippen LogP contribution in [-0.2, 0) is 11.3 Å². The molecule has 1 amide bonds. The van der Waals surface area contributed by atoms with Gasteiger partial charge in [0.1, 0.15) is 10.2 Å². The number of nitrogens with zero attached hydrogens (tertiary/aromatic N) is 4. The first-order chi connectivity index (χ1) is 11.3. The molecule has 12 heteroatoms. The number of aromatic nitrogens is 2. The molecule has 24 heavy (non-hydrogen) atoms. The van der Waals surface area contributed by atoms with E-state index < -0.39 is 15.8 Å². The number of anilines is 1. The monoisotopic (exact) mass is 417 g/mol. The Hall–Kier alpha value is -2.53. The van der Waals surface area contributed by atoms with Crippen molar-refractivity contribution in [1.29, 1.82) is 0 Å². The molecular formula is C12H9BrClN5O5. The molecule has 0 aliphatic carbocycles. The highest BCUT2D eigenvalue weighted by molar-refractivity contribution is 9.10. The van der Waals surface area contributed by atoms with Crippen molar-refractivity contribution in [1.82, 2.24) is 9.78 Å². The number of rotatable bonds is 6. The van der Waals surface area contributed by atoms with Gasteiger partial charge in [-0.2, -0.15) is 4.68 Å². The molecule has 126 valence electrons. The van der Waals surface area contributed by atoms with Gasteiger partial charge in [-0.05, 0) is 33.0 Å². The molecule has 2 aromatic rings. The van der Waals surface area contributed by atoms with Gasteiger partial charge in [0.2, 0.25) is 5.91 Å². The number of hydrogen-bond acceptors (Lipinski definition) is 6. The van der Waals surface area contributed by atoms with Crippen molar-refractivity contribution in [3.05, 3.63) is 54.1 Å². The van der Waals surface area contributed by atoms with E-state index >= 15 is 0 Å². The Labute approximate surface area is 147 Å². The van der Waals surface area contributed by atoms with Crippen molar-refractivity contribution >= 4 is 50.6 Å². The van der Waals surface area contributed by atoms with Crippen LogP contribution in [0.3, 0.4) is 0 Å². The maximum Gasteiger partial charge on any atom is 0.404 e. The molecule has 0 saturated carbocycles. The van der Waals surface area contributed by atoms with Crippen molar-refractivity contribution in [2.45, 2.75) is 13.0 Å². The van der Waals surface area contributed by atoms with E-state index in [-0.39, 0.29) is 39.7 Å². The zero-order valence-corrected chi connectivity index (χ0v) is 14.2. The molecule has 0 saturated heterocycles. The van der Waals surface area contributed by atoms with Gasteiger partial charge in [0.15, 0.2) is 0 Å². The molecule has 1 aromatic carbocycles. The third kappa shape index (κ3) is 4.26. The van der Waals surface area contributed by atoms with E-state index in [4.69, 9.17) is 11.6 Å². The largest absolute Gasteiger partial charge is 0.404 e. The van der Waals surface area contributed by atoms with Crippen LogP contribution in [-0.4, -0.2) is 25.5 Å². The Kier molecular flexibility index (Phi) is 5.46. The number of hydrogen-bond donors (Lipinski definition) is 1. The highest BCUT2D eigenvalue weighted by Crippen LogP contribution is 2.28. The summed E-state index contributed by atoms with van der Waals surface area (Å²) in [6.45, 7) is 0.0691. The maximum absolute atomic E-state index is 11.9. The molecule has 0 atom stereocenters. The third-order valence-electron chi connectivity index (χ3n) is 2.87. The molecule has 1 heterocycles. The molecule has 0 aliphatic rings. The fraction of sp³-hybridized carbons (Fsp3) is 0.167. The van der Waals surface area contributed by atoms with Crippen molar-refractivity contribution in [3.8, 4) is 0 Å². The molecule has 0 spiro atoms. The standard InChI is InChI=1S/C12H9BrClN5O5/c13-8-6-17(16-12(8)19(23)24)4-3-11(20)15-9-2-1-7(14)5-10(9)18(21)22/h1-2,5-6H,3-4H2,(H,15,20). The van der Waals surface area contributed by atoms with Gasteiger partial charge in [0.25, 0.3) is 5.69 Å². The number of nitrogens with one attached hydrogen (secondary N) is 1. The number of carbonyl (C=O) groups is 1. The van der Waals surface area contributed by atoms with Crippen molar-refractivity contribution in [2.24, 2.45) is 0 Å². The van der Waals surface area contributed by atoms with Gasteiger partial charge >= 0.3 is 5.82 Å². The van der Waals surface area contributed by atoms with E-state index in [2.05, 4.69) is 26.3 Å². The number of nitro groups is 2. The average molecular weight is 419 g/mol. The van der Waals surface area contributed by atoms with Crippen LogP contribution in [0, 0.1) is 20.2 Å². The summed E-state index contributed by atoms with van der Waals surface area (Å²) in [4.78, 5) is 32.2. The van der Waals surface area contributed by atoms with E-state index in [1.807, 2.05) is 0 Å². The van der Waals surface area contributed by atoms with Crippen LogP contribution in [0.1, 0.15) is 6.42 Å². The van der Waals surface area contributed by atoms with Crippen LogP contribution < -0.4 is 5.32 Å². The van der Waals surface area contributed by atoms with Crippen LogP contribution in [0.5, 0.6) is 0 Å². The summed E-state index contributed by atoms with van der Waals surface area (Å²) in [6, 6.07) is 3.87. The van der Waals surface area contributed by atoms with E-state index in [9.17, 15) is 25.0 Å². The zero-order chi connectivity index (χ0) is 17.9. The first kappa shape index (κ1) is 17.8. The molecule has 1 N–H and O–H groups in total. The Morgan fingerprint density at radius 3 is 2.62 bits per heavy atom. The van der Waals surface area contributed by atoms with Crippen LogP contribution in [0.25, 0.3) is 0 Å². The van der Waals surface area contributed by atoms with Gasteiger partial charge in [-0.1, -0.05) is 11.6 Å². The Morgan fingerprint density at radius 1 is 1.33 bits per heavy atom. The Morgan fingerprint density at radius 2 is 2.04 bits per heavy atom. The molecule has 1 aromatic heterocycles. The third-order valence-corrected chi connectivity index (χ3v) is 3.67. The van der Waals surface area contributed by atoms with Gasteiger partial charge < -0.3 is 15.4 Å².